The number of aryl methyl sites for hydroxylation is 3. The third-order valence-electron chi connectivity index (χ3n) is 4.11. The molecule has 2 heterocycles. The summed E-state index contributed by atoms with van der Waals surface area (Å²) in [4.78, 5) is 7.25. The molecule has 0 spiro atoms. The van der Waals surface area contributed by atoms with Gasteiger partial charge in [-0.05, 0) is 55.6 Å². The Bertz CT molecular complexity index is 1950. The molecule has 3 N–H and O–H groups in total. The van der Waals surface area contributed by atoms with Crippen LogP contribution >= 0.6 is 0 Å². The maximum Gasteiger partial charge on any atom is 0.238 e. The van der Waals surface area contributed by atoms with E-state index in [4.69, 9.17) is 24.3 Å². The van der Waals surface area contributed by atoms with Crippen molar-refractivity contribution in [3.8, 4) is 0 Å². The number of sulfonamides is 1. The number of fused-ring (bicyclic) bond motifs is 1. The molecule has 2 aromatic carbocycles. The highest BCUT2D eigenvalue weighted by atomic mass is 32.2. The summed E-state index contributed by atoms with van der Waals surface area (Å²) < 4.78 is 138. The van der Waals surface area contributed by atoms with Gasteiger partial charge in [-0.25, -0.2) is 18.5 Å². The van der Waals surface area contributed by atoms with E-state index in [1.54, 1.807) is 0 Å². The molecule has 10 heteroatoms. The number of hydrogen-bond acceptors (Lipinski definition) is 7. The van der Waals surface area contributed by atoms with Gasteiger partial charge in [0.25, 0.3) is 0 Å². The molecule has 0 unspecified atom stereocenters. The maximum absolute atomic E-state index is 12.1. The molecule has 0 amide bonds. The van der Waals surface area contributed by atoms with Gasteiger partial charge in [0.15, 0.2) is 0 Å². The van der Waals surface area contributed by atoms with E-state index in [0.717, 1.165) is 22.9 Å². The molecule has 31 heavy (non-hydrogen) atoms. The Balaban J connectivity index is 1.96. The fraction of sp³-hybridized carbons (Fsp3) is 0.190. The van der Waals surface area contributed by atoms with E-state index in [-0.39, 0.29) is 16.0 Å². The number of nitrogens with two attached hydrogens (primary N) is 1. The number of anilines is 4. The number of aromatic nitrogens is 4. The highest BCUT2D eigenvalue weighted by Gasteiger charge is 2.14. The molecule has 0 aliphatic carbocycles. The minimum absolute atomic E-state index is 0.154. The van der Waals surface area contributed by atoms with Crippen molar-refractivity contribution in [2.75, 3.05) is 17.2 Å². The molecule has 0 aliphatic rings. The fourth-order valence-electron chi connectivity index (χ4n) is 2.62. The molecule has 0 fully saturated rings. The first-order valence-corrected chi connectivity index (χ1v) is 9.97. The summed E-state index contributed by atoms with van der Waals surface area (Å²) in [7, 11) is -3.31. The van der Waals surface area contributed by atoms with Gasteiger partial charge in [0, 0.05) is 55.0 Å². The first kappa shape index (κ1) is 9.75. The quantitative estimate of drug-likeness (QED) is 0.478. The number of rotatable bonds is 5. The summed E-state index contributed by atoms with van der Waals surface area (Å²) in [5.41, 5.74) is -2.40. The Hall–Kier alpha value is -3.50. The Kier molecular flexibility index (Phi) is 2.40. The van der Waals surface area contributed by atoms with Crippen LogP contribution in [-0.2, 0) is 17.1 Å². The van der Waals surface area contributed by atoms with Crippen molar-refractivity contribution in [2.45, 2.75) is 18.6 Å². The number of nitrogens with zero attached hydrogens (tertiary/aromatic N) is 5. The van der Waals surface area contributed by atoms with E-state index in [9.17, 15) is 8.42 Å². The summed E-state index contributed by atoms with van der Waals surface area (Å²) in [5.74, 6) is -1.41. The van der Waals surface area contributed by atoms with E-state index >= 15 is 0 Å². The molecule has 2 aromatic heterocycles. The smallest absolute Gasteiger partial charge is 0.238 e. The van der Waals surface area contributed by atoms with E-state index in [0.29, 0.717) is 0 Å². The molecular formula is C21H23N7O2S. The fourth-order valence-corrected chi connectivity index (χ4v) is 3.29. The predicted octanol–water partition coefficient (Wildman–Crippen LogP) is 3.14. The lowest BCUT2D eigenvalue weighted by Gasteiger charge is -2.19. The van der Waals surface area contributed by atoms with E-state index in [1.807, 2.05) is 0 Å². The van der Waals surface area contributed by atoms with Crippen LogP contribution in [0.25, 0.3) is 10.9 Å². The Morgan fingerprint density at radius 3 is 2.87 bits per heavy atom. The van der Waals surface area contributed by atoms with Gasteiger partial charge in [0.1, 0.15) is 5.82 Å². The van der Waals surface area contributed by atoms with Crippen LogP contribution in [0.1, 0.15) is 30.4 Å². The Morgan fingerprint density at radius 2 is 2.13 bits per heavy atom. The average Bonchev–Trinajstić information content (AvgIpc) is 3.23. The van der Waals surface area contributed by atoms with Crippen molar-refractivity contribution < 1.29 is 27.6 Å². The number of benzene rings is 2. The summed E-state index contributed by atoms with van der Waals surface area (Å²) in [6, 6.07) is -0.381. The van der Waals surface area contributed by atoms with Crippen molar-refractivity contribution in [3.63, 3.8) is 0 Å². The lowest BCUT2D eigenvalue weighted by molar-refractivity contribution is 0.597. The van der Waals surface area contributed by atoms with Crippen LogP contribution in [-0.4, -0.2) is 35.1 Å². The van der Waals surface area contributed by atoms with Crippen LogP contribution < -0.4 is 15.4 Å². The van der Waals surface area contributed by atoms with E-state index in [1.165, 1.54) is 7.05 Å². The minimum Gasteiger partial charge on any atom is -0.329 e. The van der Waals surface area contributed by atoms with E-state index in [2.05, 4.69) is 20.4 Å². The largest absolute Gasteiger partial charge is 0.329 e. The molecular weight excluding hydrogens is 414 g/mol. The average molecular weight is 452 g/mol. The second-order valence-electron chi connectivity index (χ2n) is 6.24. The van der Waals surface area contributed by atoms with Crippen LogP contribution in [0, 0.1) is 13.7 Å². The Morgan fingerprint density at radius 1 is 1.26 bits per heavy atom. The molecule has 4 rings (SSSR count). The summed E-state index contributed by atoms with van der Waals surface area (Å²) in [6.45, 7) is -8.98. The first-order chi connectivity index (χ1) is 20.4. The van der Waals surface area contributed by atoms with Gasteiger partial charge in [-0.1, -0.05) is 6.07 Å². The lowest BCUT2D eigenvalue weighted by atomic mass is 10.2. The van der Waals surface area contributed by atoms with Crippen molar-refractivity contribution in [2.24, 2.45) is 12.2 Å². The predicted molar refractivity (Wildman–Crippen MR) is 121 cm³/mol. The van der Waals surface area contributed by atoms with Crippen LogP contribution in [0.5, 0.6) is 0 Å². The third kappa shape index (κ3) is 4.07. The van der Waals surface area contributed by atoms with Crippen LogP contribution in [0.3, 0.4) is 0 Å². The molecule has 4 aromatic rings. The highest BCUT2D eigenvalue weighted by Crippen LogP contribution is 2.28. The van der Waals surface area contributed by atoms with E-state index < -0.39 is 100 Å². The second kappa shape index (κ2) is 7.64. The SMILES string of the molecule is [2H]c1nc(Nc2ccc(C([2H])([2H])[2H])c(S(N)(=O)=O)c2)nc(N(c2c([2H])c([2H])c3c(C([2H])([2H])[2H])n(C)nc3c2[2H])C([2H])([2H])[2H])c1[2H]. The number of hydrogen-bond donors (Lipinski definition) is 2. The number of nitrogens with one attached hydrogen (secondary N) is 1. The van der Waals surface area contributed by atoms with Crippen molar-refractivity contribution in [1.29, 1.82) is 0 Å². The summed E-state index contributed by atoms with van der Waals surface area (Å²) in [6.07, 6.45) is -0.852. The monoisotopic (exact) mass is 451 g/mol. The molecule has 0 atom stereocenters. The van der Waals surface area contributed by atoms with Crippen molar-refractivity contribution in [1.82, 2.24) is 19.7 Å². The first-order valence-electron chi connectivity index (χ1n) is 15.4. The molecule has 9 nitrogen and oxygen atoms in total. The molecule has 0 saturated carbocycles. The zero-order chi connectivity index (χ0) is 34.2. The molecule has 0 saturated heterocycles. The van der Waals surface area contributed by atoms with Gasteiger partial charge in [0.2, 0.25) is 16.0 Å². The van der Waals surface area contributed by atoms with Gasteiger partial charge in [-0.2, -0.15) is 10.1 Å². The van der Waals surface area contributed by atoms with Gasteiger partial charge in [0.05, 0.1) is 17.3 Å². The topological polar surface area (TPSA) is 119 Å². The zero-order valence-corrected chi connectivity index (χ0v) is 16.6. The standard InChI is InChI=1S/C21H23N7O2S/c1-13-5-6-15(11-19(13)31(22,29)30)24-21-23-10-9-20(25-21)27(3)16-7-8-17-14(2)28(4)26-18(17)12-16/h5-12H,1-4H3,(H2,22,29,30)(H,23,24,25)/i1D3,2D3,3D3,7D,8D,9D,10D,12D. The molecule has 160 valence electrons. The van der Waals surface area contributed by atoms with Crippen LogP contribution in [0.4, 0.5) is 23.1 Å². The highest BCUT2D eigenvalue weighted by molar-refractivity contribution is 7.89. The Labute approximate surface area is 200 Å². The second-order valence-corrected chi connectivity index (χ2v) is 7.77. The van der Waals surface area contributed by atoms with Gasteiger partial charge >= 0.3 is 0 Å². The van der Waals surface area contributed by atoms with Crippen molar-refractivity contribution >= 4 is 44.1 Å². The maximum atomic E-state index is 12.1. The third-order valence-corrected chi connectivity index (χ3v) is 5.06. The van der Waals surface area contributed by atoms with Gasteiger partial charge in [-0.15, -0.1) is 0 Å². The van der Waals surface area contributed by atoms with Crippen molar-refractivity contribution in [3.05, 3.63) is 59.8 Å². The normalized spacial score (nSPS) is 19.4. The van der Waals surface area contributed by atoms with Crippen LogP contribution in [0.15, 0.2) is 53.4 Å². The van der Waals surface area contributed by atoms with Crippen LogP contribution in [0.2, 0.25) is 0 Å². The molecule has 0 radical (unpaired) electrons. The lowest BCUT2D eigenvalue weighted by Crippen LogP contribution is -2.14. The molecule has 0 bridgehead atoms. The zero-order valence-electron chi connectivity index (χ0n) is 29.8. The number of primary sulfonamides is 1. The molecule has 0 aliphatic heterocycles. The summed E-state index contributed by atoms with van der Waals surface area (Å²) >= 11 is 0. The van der Waals surface area contributed by atoms with Gasteiger partial charge in [-0.3, -0.25) is 4.68 Å². The van der Waals surface area contributed by atoms with Gasteiger partial charge < -0.3 is 10.2 Å². The minimum atomic E-state index is -4.56. The summed E-state index contributed by atoms with van der Waals surface area (Å²) in [5, 5.41) is 11.3.